The van der Waals surface area contributed by atoms with E-state index in [-0.39, 0.29) is 5.82 Å². The van der Waals surface area contributed by atoms with Gasteiger partial charge in [0.25, 0.3) is 0 Å². The van der Waals surface area contributed by atoms with E-state index in [1.54, 1.807) is 0 Å². The Labute approximate surface area is 94.5 Å². The Morgan fingerprint density at radius 1 is 1.19 bits per heavy atom. The standard InChI is InChI=1S/C13H15FN2/c1-7-5-10-12(15-4)8(2)9(3)16-13(10)11(14)6-7/h5-6H,1-4H3,(H,15,16). The lowest BCUT2D eigenvalue weighted by Crippen LogP contribution is -2.00. The topological polar surface area (TPSA) is 24.9 Å². The van der Waals surface area contributed by atoms with Crippen molar-refractivity contribution >= 4 is 16.6 Å². The number of halogens is 1. The van der Waals surface area contributed by atoms with Gasteiger partial charge in [0.05, 0.1) is 0 Å². The number of pyridine rings is 1. The van der Waals surface area contributed by atoms with Crippen LogP contribution in [0.1, 0.15) is 16.8 Å². The molecule has 0 amide bonds. The van der Waals surface area contributed by atoms with E-state index in [1.807, 2.05) is 33.9 Å². The van der Waals surface area contributed by atoms with Crippen LogP contribution in [0.3, 0.4) is 0 Å². The fraction of sp³-hybridized carbons (Fsp3) is 0.308. The lowest BCUT2D eigenvalue weighted by molar-refractivity contribution is 0.635. The highest BCUT2D eigenvalue weighted by molar-refractivity contribution is 5.94. The molecule has 0 bridgehead atoms. The van der Waals surface area contributed by atoms with Crippen LogP contribution in [-0.4, -0.2) is 12.0 Å². The van der Waals surface area contributed by atoms with Crippen molar-refractivity contribution in [3.05, 3.63) is 34.8 Å². The number of rotatable bonds is 1. The second-order valence-corrected chi connectivity index (χ2v) is 4.09. The summed E-state index contributed by atoms with van der Waals surface area (Å²) in [6, 6.07) is 3.48. The highest BCUT2D eigenvalue weighted by Gasteiger charge is 2.11. The molecule has 3 heteroatoms. The van der Waals surface area contributed by atoms with Crippen molar-refractivity contribution in [2.24, 2.45) is 0 Å². The first kappa shape index (κ1) is 10.9. The van der Waals surface area contributed by atoms with Crippen LogP contribution in [0.25, 0.3) is 10.9 Å². The third-order valence-electron chi connectivity index (χ3n) is 2.92. The molecular formula is C13H15FN2. The first-order valence-corrected chi connectivity index (χ1v) is 5.29. The summed E-state index contributed by atoms with van der Waals surface area (Å²) >= 11 is 0. The minimum absolute atomic E-state index is 0.255. The maximum absolute atomic E-state index is 13.8. The van der Waals surface area contributed by atoms with Gasteiger partial charge in [0, 0.05) is 23.8 Å². The highest BCUT2D eigenvalue weighted by Crippen LogP contribution is 2.29. The summed E-state index contributed by atoms with van der Waals surface area (Å²) in [6.07, 6.45) is 0. The van der Waals surface area contributed by atoms with Crippen molar-refractivity contribution in [3.63, 3.8) is 0 Å². The highest BCUT2D eigenvalue weighted by atomic mass is 19.1. The number of nitrogens with zero attached hydrogens (tertiary/aromatic N) is 1. The molecule has 0 radical (unpaired) electrons. The van der Waals surface area contributed by atoms with Gasteiger partial charge in [-0.25, -0.2) is 9.37 Å². The molecule has 0 aliphatic rings. The van der Waals surface area contributed by atoms with Crippen LogP contribution >= 0.6 is 0 Å². The number of hydrogen-bond donors (Lipinski definition) is 1. The third kappa shape index (κ3) is 1.52. The summed E-state index contributed by atoms with van der Waals surface area (Å²) in [4.78, 5) is 4.31. The molecule has 1 aromatic carbocycles. The molecule has 0 aliphatic carbocycles. The minimum Gasteiger partial charge on any atom is -0.387 e. The van der Waals surface area contributed by atoms with E-state index in [2.05, 4.69) is 10.3 Å². The van der Waals surface area contributed by atoms with Crippen LogP contribution in [0.2, 0.25) is 0 Å². The Morgan fingerprint density at radius 3 is 2.50 bits per heavy atom. The van der Waals surface area contributed by atoms with Gasteiger partial charge < -0.3 is 5.32 Å². The van der Waals surface area contributed by atoms with Crippen molar-refractivity contribution < 1.29 is 4.39 Å². The van der Waals surface area contributed by atoms with Crippen molar-refractivity contribution in [3.8, 4) is 0 Å². The Balaban J connectivity index is 2.96. The van der Waals surface area contributed by atoms with Crippen LogP contribution in [0.4, 0.5) is 10.1 Å². The minimum atomic E-state index is -0.255. The lowest BCUT2D eigenvalue weighted by Gasteiger charge is -2.12. The predicted octanol–water partition coefficient (Wildman–Crippen LogP) is 3.34. The first-order chi connectivity index (χ1) is 7.54. The number of anilines is 1. The maximum atomic E-state index is 13.8. The molecule has 0 saturated carbocycles. The number of fused-ring (bicyclic) bond motifs is 1. The second-order valence-electron chi connectivity index (χ2n) is 4.09. The van der Waals surface area contributed by atoms with Crippen LogP contribution < -0.4 is 5.32 Å². The zero-order chi connectivity index (χ0) is 11.9. The zero-order valence-electron chi connectivity index (χ0n) is 9.98. The van der Waals surface area contributed by atoms with Gasteiger partial charge in [-0.3, -0.25) is 0 Å². The Kier molecular flexibility index (Phi) is 2.54. The summed E-state index contributed by atoms with van der Waals surface area (Å²) in [5.74, 6) is -0.255. The molecule has 16 heavy (non-hydrogen) atoms. The van der Waals surface area contributed by atoms with E-state index in [0.29, 0.717) is 5.52 Å². The van der Waals surface area contributed by atoms with Crippen LogP contribution in [0, 0.1) is 26.6 Å². The molecule has 2 aromatic rings. The Bertz CT molecular complexity index is 562. The number of aryl methyl sites for hydroxylation is 2. The second kappa shape index (κ2) is 3.74. The normalized spacial score (nSPS) is 10.8. The maximum Gasteiger partial charge on any atom is 0.149 e. The molecule has 84 valence electrons. The number of benzene rings is 1. The summed E-state index contributed by atoms with van der Waals surface area (Å²) in [7, 11) is 1.85. The zero-order valence-corrected chi connectivity index (χ0v) is 9.98. The summed E-state index contributed by atoms with van der Waals surface area (Å²) in [6.45, 7) is 5.78. The molecule has 0 spiro atoms. The van der Waals surface area contributed by atoms with E-state index >= 15 is 0 Å². The van der Waals surface area contributed by atoms with Gasteiger partial charge in [-0.1, -0.05) is 0 Å². The summed E-state index contributed by atoms with van der Waals surface area (Å²) in [5.41, 5.74) is 4.24. The quantitative estimate of drug-likeness (QED) is 0.794. The molecule has 2 rings (SSSR count). The van der Waals surface area contributed by atoms with Crippen LogP contribution in [-0.2, 0) is 0 Å². The van der Waals surface area contributed by atoms with Crippen molar-refractivity contribution in [1.82, 2.24) is 4.98 Å². The van der Waals surface area contributed by atoms with Crippen molar-refractivity contribution in [2.45, 2.75) is 20.8 Å². The molecule has 0 saturated heterocycles. The molecular weight excluding hydrogens is 203 g/mol. The van der Waals surface area contributed by atoms with Crippen LogP contribution in [0.5, 0.6) is 0 Å². The molecule has 0 unspecified atom stereocenters. The molecule has 1 heterocycles. The van der Waals surface area contributed by atoms with E-state index in [4.69, 9.17) is 0 Å². The van der Waals surface area contributed by atoms with Crippen molar-refractivity contribution in [2.75, 3.05) is 12.4 Å². The average Bonchev–Trinajstić information content (AvgIpc) is 2.22. The van der Waals surface area contributed by atoms with Gasteiger partial charge in [0.1, 0.15) is 11.3 Å². The monoisotopic (exact) mass is 218 g/mol. The third-order valence-corrected chi connectivity index (χ3v) is 2.92. The fourth-order valence-electron chi connectivity index (χ4n) is 2.00. The average molecular weight is 218 g/mol. The van der Waals surface area contributed by atoms with Gasteiger partial charge in [-0.2, -0.15) is 0 Å². The molecule has 1 aromatic heterocycles. The molecule has 0 atom stereocenters. The molecule has 2 nitrogen and oxygen atoms in total. The van der Waals surface area contributed by atoms with Gasteiger partial charge in [-0.15, -0.1) is 0 Å². The van der Waals surface area contributed by atoms with Gasteiger partial charge in [0.15, 0.2) is 0 Å². The summed E-state index contributed by atoms with van der Waals surface area (Å²) in [5, 5.41) is 3.98. The van der Waals surface area contributed by atoms with Crippen molar-refractivity contribution in [1.29, 1.82) is 0 Å². The van der Waals surface area contributed by atoms with E-state index in [1.165, 1.54) is 6.07 Å². The van der Waals surface area contributed by atoms with Gasteiger partial charge >= 0.3 is 0 Å². The van der Waals surface area contributed by atoms with E-state index in [0.717, 1.165) is 27.9 Å². The smallest absolute Gasteiger partial charge is 0.149 e. The number of aromatic nitrogens is 1. The SMILES string of the molecule is CNc1c(C)c(C)nc2c(F)cc(C)cc12. The first-order valence-electron chi connectivity index (χ1n) is 5.29. The molecule has 1 N–H and O–H groups in total. The lowest BCUT2D eigenvalue weighted by atomic mass is 10.0. The Hall–Kier alpha value is -1.64. The van der Waals surface area contributed by atoms with Gasteiger partial charge in [-0.05, 0) is 44.0 Å². The summed E-state index contributed by atoms with van der Waals surface area (Å²) < 4.78 is 13.8. The van der Waals surface area contributed by atoms with Gasteiger partial charge in [0.2, 0.25) is 0 Å². The fourth-order valence-corrected chi connectivity index (χ4v) is 2.00. The largest absolute Gasteiger partial charge is 0.387 e. The molecule has 0 aliphatic heterocycles. The Morgan fingerprint density at radius 2 is 1.88 bits per heavy atom. The van der Waals surface area contributed by atoms with E-state index in [9.17, 15) is 4.39 Å². The molecule has 0 fully saturated rings. The van der Waals surface area contributed by atoms with Crippen LogP contribution in [0.15, 0.2) is 12.1 Å². The number of hydrogen-bond acceptors (Lipinski definition) is 2. The predicted molar refractivity (Wildman–Crippen MR) is 65.5 cm³/mol. The number of nitrogens with one attached hydrogen (secondary N) is 1. The van der Waals surface area contributed by atoms with E-state index < -0.39 is 0 Å².